The number of carbonyl (C=O) groups is 1. The van der Waals surface area contributed by atoms with Crippen LogP contribution in [0.3, 0.4) is 0 Å². The number of carbonyl (C=O) groups excluding carboxylic acids is 1. The number of halogens is 5. The average Bonchev–Trinajstić information content (AvgIpc) is 2.53. The Kier molecular flexibility index (Phi) is 7.39. The van der Waals surface area contributed by atoms with E-state index in [1.54, 1.807) is 0 Å². The van der Waals surface area contributed by atoms with Gasteiger partial charge in [0.05, 0.1) is 11.2 Å². The van der Waals surface area contributed by atoms with Crippen molar-refractivity contribution in [3.63, 3.8) is 0 Å². The summed E-state index contributed by atoms with van der Waals surface area (Å²) >= 11 is 0. The van der Waals surface area contributed by atoms with Gasteiger partial charge in [-0.3, -0.25) is 0 Å². The normalized spacial score (nSPS) is 14.8. The molecule has 1 rings (SSSR count). The number of ether oxygens (including phenoxy) is 2. The van der Waals surface area contributed by atoms with Crippen LogP contribution in [-0.2, 0) is 30.9 Å². The zero-order valence-electron chi connectivity index (χ0n) is 16.7. The van der Waals surface area contributed by atoms with Crippen LogP contribution >= 0.6 is 0 Å². The highest BCUT2D eigenvalue weighted by molar-refractivity contribution is 7.86. The monoisotopic (exact) mass is 479 g/mol. The van der Waals surface area contributed by atoms with Crippen molar-refractivity contribution in [1.82, 2.24) is 0 Å². The van der Waals surface area contributed by atoms with Crippen LogP contribution in [0.4, 0.5) is 22.0 Å². The van der Waals surface area contributed by atoms with Crippen LogP contribution < -0.4 is 4.74 Å². The molecule has 2 N–H and O–H groups in total. The molecule has 0 aliphatic rings. The van der Waals surface area contributed by atoms with Crippen molar-refractivity contribution in [2.24, 2.45) is 0 Å². The minimum atomic E-state index is -6.82. The van der Waals surface area contributed by atoms with E-state index in [0.29, 0.717) is 0 Å². The first-order chi connectivity index (χ1) is 13.6. The van der Waals surface area contributed by atoms with Crippen molar-refractivity contribution in [3.8, 4) is 5.75 Å². The van der Waals surface area contributed by atoms with Crippen molar-refractivity contribution in [1.29, 1.82) is 0 Å². The van der Waals surface area contributed by atoms with E-state index in [9.17, 15) is 49.9 Å². The van der Waals surface area contributed by atoms with Crippen molar-refractivity contribution in [3.05, 3.63) is 29.3 Å². The highest BCUT2D eigenvalue weighted by Crippen LogP contribution is 2.38. The fourth-order valence-corrected chi connectivity index (χ4v) is 2.60. The Morgan fingerprint density at radius 1 is 1.00 bits per heavy atom. The van der Waals surface area contributed by atoms with Gasteiger partial charge in [0, 0.05) is 0 Å². The molecule has 1 aromatic carbocycles. The largest absolute Gasteiger partial charge is 0.743 e. The smallest absolute Gasteiger partial charge is 0.432 e. The molecule has 0 heterocycles. The van der Waals surface area contributed by atoms with Gasteiger partial charge in [-0.25, -0.2) is 13.2 Å². The summed E-state index contributed by atoms with van der Waals surface area (Å²) in [6.45, 7) is 4.09. The maximum absolute atomic E-state index is 13.4. The third-order valence-corrected chi connectivity index (χ3v) is 4.74. The van der Waals surface area contributed by atoms with Crippen LogP contribution in [0.2, 0.25) is 0 Å². The van der Waals surface area contributed by atoms with Gasteiger partial charge in [0.1, 0.15) is 5.75 Å². The maximum atomic E-state index is 13.4. The Labute approximate surface area is 174 Å². The SMILES string of the molecule is CC(C)(O)c1cc(OCC(=O)OC(C(F)(F)F)C(F)(F)S(=O)(=O)[O-])cc(C(C)(C)O)c1. The Hall–Kier alpha value is -2.03. The zero-order chi connectivity index (χ0) is 24.6. The lowest BCUT2D eigenvalue weighted by molar-refractivity contribution is -0.259. The topological polar surface area (TPSA) is 133 Å². The van der Waals surface area contributed by atoms with Crippen molar-refractivity contribution < 1.29 is 59.4 Å². The molecule has 0 spiro atoms. The first-order valence-corrected chi connectivity index (χ1v) is 9.80. The maximum Gasteiger partial charge on any atom is 0.432 e. The molecule has 0 fully saturated rings. The second kappa shape index (κ2) is 8.48. The van der Waals surface area contributed by atoms with E-state index in [1.165, 1.54) is 45.9 Å². The third kappa shape index (κ3) is 6.98. The molecule has 14 heteroatoms. The van der Waals surface area contributed by atoms with Gasteiger partial charge < -0.3 is 24.2 Å². The van der Waals surface area contributed by atoms with Crippen LogP contribution in [0, 0.1) is 0 Å². The van der Waals surface area contributed by atoms with Gasteiger partial charge in [-0.2, -0.15) is 22.0 Å². The third-order valence-electron chi connectivity index (χ3n) is 3.86. The predicted molar refractivity (Wildman–Crippen MR) is 93.0 cm³/mol. The van der Waals surface area contributed by atoms with E-state index >= 15 is 0 Å². The first kappa shape index (κ1) is 27.0. The predicted octanol–water partition coefficient (Wildman–Crippen LogP) is 2.13. The highest BCUT2D eigenvalue weighted by Gasteiger charge is 2.62. The van der Waals surface area contributed by atoms with E-state index in [1.807, 2.05) is 0 Å². The first-order valence-electron chi connectivity index (χ1n) is 8.40. The lowest BCUT2D eigenvalue weighted by atomic mass is 9.90. The molecule has 0 radical (unpaired) electrons. The summed E-state index contributed by atoms with van der Waals surface area (Å²) in [7, 11) is -6.82. The minimum absolute atomic E-state index is 0.174. The van der Waals surface area contributed by atoms with E-state index in [-0.39, 0.29) is 16.9 Å². The molecule has 1 aromatic rings. The van der Waals surface area contributed by atoms with Crippen LogP contribution in [0.15, 0.2) is 18.2 Å². The minimum Gasteiger partial charge on any atom is -0.743 e. The van der Waals surface area contributed by atoms with Gasteiger partial charge in [0.25, 0.3) is 6.10 Å². The lowest BCUT2D eigenvalue weighted by Crippen LogP contribution is -2.52. The average molecular weight is 479 g/mol. The fourth-order valence-electron chi connectivity index (χ4n) is 2.15. The van der Waals surface area contributed by atoms with Crippen molar-refractivity contribution in [2.75, 3.05) is 6.61 Å². The molecule has 0 bridgehead atoms. The zero-order valence-corrected chi connectivity index (χ0v) is 17.5. The van der Waals surface area contributed by atoms with Crippen molar-refractivity contribution in [2.45, 2.75) is 56.4 Å². The fraction of sp³-hybridized carbons (Fsp3) is 0.588. The highest BCUT2D eigenvalue weighted by atomic mass is 32.2. The van der Waals surface area contributed by atoms with Crippen LogP contribution in [0.1, 0.15) is 38.8 Å². The molecule has 8 nitrogen and oxygen atoms in total. The second-order valence-electron chi connectivity index (χ2n) is 7.58. The molecular weight excluding hydrogens is 459 g/mol. The molecule has 0 saturated heterocycles. The molecular formula is C17H20F5O8S-. The Morgan fingerprint density at radius 2 is 1.42 bits per heavy atom. The van der Waals surface area contributed by atoms with Crippen LogP contribution in [0.5, 0.6) is 5.75 Å². The summed E-state index contributed by atoms with van der Waals surface area (Å²) in [5.74, 6) is -2.30. The molecule has 31 heavy (non-hydrogen) atoms. The molecule has 0 aliphatic heterocycles. The number of alkyl halides is 5. The van der Waals surface area contributed by atoms with E-state index in [0.717, 1.165) is 0 Å². The molecule has 0 amide bonds. The second-order valence-corrected chi connectivity index (χ2v) is 9.03. The van der Waals surface area contributed by atoms with Gasteiger partial charge in [-0.05, 0) is 57.0 Å². The Balaban J connectivity index is 3.14. The summed E-state index contributed by atoms with van der Waals surface area (Å²) < 4.78 is 105. The number of rotatable bonds is 8. The Bertz CT molecular complexity index is 882. The van der Waals surface area contributed by atoms with E-state index in [4.69, 9.17) is 4.74 Å². The van der Waals surface area contributed by atoms with Gasteiger partial charge in [0.2, 0.25) is 0 Å². The quantitative estimate of drug-likeness (QED) is 0.329. The number of hydrogen-bond acceptors (Lipinski definition) is 8. The number of hydrogen-bond donors (Lipinski definition) is 2. The number of esters is 1. The van der Waals surface area contributed by atoms with Gasteiger partial charge in [-0.1, -0.05) is 0 Å². The van der Waals surface area contributed by atoms with Crippen LogP contribution in [-0.4, -0.2) is 53.3 Å². The van der Waals surface area contributed by atoms with E-state index < -0.39 is 51.4 Å². The number of benzene rings is 1. The molecule has 178 valence electrons. The van der Waals surface area contributed by atoms with Gasteiger partial charge >= 0.3 is 17.4 Å². The van der Waals surface area contributed by atoms with Crippen molar-refractivity contribution >= 4 is 16.1 Å². The number of aliphatic hydroxyl groups is 2. The van der Waals surface area contributed by atoms with Gasteiger partial charge in [-0.15, -0.1) is 0 Å². The molecule has 0 aromatic heterocycles. The lowest BCUT2D eigenvalue weighted by Gasteiger charge is -2.29. The summed E-state index contributed by atoms with van der Waals surface area (Å²) in [5.41, 5.74) is -2.59. The summed E-state index contributed by atoms with van der Waals surface area (Å²) in [5, 5.41) is 14.3. The summed E-state index contributed by atoms with van der Waals surface area (Å²) in [4.78, 5) is 11.6. The van der Waals surface area contributed by atoms with Crippen LogP contribution in [0.25, 0.3) is 0 Å². The molecule has 0 aliphatic carbocycles. The van der Waals surface area contributed by atoms with Gasteiger partial charge in [0.15, 0.2) is 16.7 Å². The summed E-state index contributed by atoms with van der Waals surface area (Å²) in [6, 6.07) is 3.73. The molecule has 0 saturated carbocycles. The molecule has 1 atom stereocenters. The van der Waals surface area contributed by atoms with E-state index in [2.05, 4.69) is 4.74 Å². The summed E-state index contributed by atoms with van der Waals surface area (Å²) in [6.07, 6.45) is -10.6. The standard InChI is InChI=1S/C17H21F5O8S/c1-14(2,24)9-5-10(15(3,4)25)7-11(6-9)29-8-12(23)30-13(16(18,19)20)17(21,22)31(26,27)28/h5-7,13,24-25H,8H2,1-4H3,(H,26,27,28)/p-1. The Morgan fingerprint density at radius 3 is 1.74 bits per heavy atom. The molecule has 1 unspecified atom stereocenters.